The molecule has 0 saturated heterocycles. The Bertz CT molecular complexity index is 1420. The van der Waals surface area contributed by atoms with Crippen LogP contribution in [0.3, 0.4) is 0 Å². The van der Waals surface area contributed by atoms with Gasteiger partial charge in [-0.1, -0.05) is 48.0 Å². The second-order valence-electron chi connectivity index (χ2n) is 8.26. The molecule has 36 heavy (non-hydrogen) atoms. The summed E-state index contributed by atoms with van der Waals surface area (Å²) in [6.45, 7) is 4.90. The summed E-state index contributed by atoms with van der Waals surface area (Å²) in [4.78, 5) is 42.8. The maximum atomic E-state index is 13.0. The number of hydrogen-bond donors (Lipinski definition) is 1. The van der Waals surface area contributed by atoms with Gasteiger partial charge in [0.15, 0.2) is 5.78 Å². The Morgan fingerprint density at radius 3 is 2.31 bits per heavy atom. The van der Waals surface area contributed by atoms with E-state index in [9.17, 15) is 14.4 Å². The first-order chi connectivity index (χ1) is 17.5. The molecule has 0 unspecified atom stereocenters. The Kier molecular flexibility index (Phi) is 7.70. The molecule has 0 radical (unpaired) electrons. The molecule has 7 nitrogen and oxygen atoms in total. The van der Waals surface area contributed by atoms with Crippen LogP contribution in [0.1, 0.15) is 38.8 Å². The van der Waals surface area contributed by atoms with Crippen molar-refractivity contribution in [3.63, 3.8) is 0 Å². The molecule has 0 atom stereocenters. The number of aryl methyl sites for hydroxylation is 1. The topological polar surface area (TPSA) is 90.3 Å². The number of nitrogens with zero attached hydrogens (tertiary/aromatic N) is 2. The van der Waals surface area contributed by atoms with E-state index in [1.165, 1.54) is 17.0 Å². The standard InChI is InChI=1S/C29H27N3O4/c1-3-36-23-14-12-21(13-15-23)26-18-27(33)32(19-31-26)17-16-30-29(35)25-7-5-4-6-24(25)28(34)22-10-8-20(2)9-11-22/h4-15,18-19H,3,16-17H2,1-2H3,(H,30,35). The lowest BCUT2D eigenvalue weighted by atomic mass is 9.97. The van der Waals surface area contributed by atoms with Gasteiger partial charge in [0.25, 0.3) is 11.5 Å². The fourth-order valence-electron chi connectivity index (χ4n) is 3.76. The fourth-order valence-corrected chi connectivity index (χ4v) is 3.76. The monoisotopic (exact) mass is 481 g/mol. The van der Waals surface area contributed by atoms with Crippen molar-refractivity contribution < 1.29 is 14.3 Å². The van der Waals surface area contributed by atoms with Crippen LogP contribution in [0.5, 0.6) is 5.75 Å². The van der Waals surface area contributed by atoms with E-state index in [1.54, 1.807) is 36.4 Å². The first-order valence-electron chi connectivity index (χ1n) is 11.7. The number of hydrogen-bond acceptors (Lipinski definition) is 5. The number of amides is 1. The maximum Gasteiger partial charge on any atom is 0.253 e. The average molecular weight is 482 g/mol. The molecule has 0 saturated carbocycles. The zero-order valence-electron chi connectivity index (χ0n) is 20.2. The van der Waals surface area contributed by atoms with E-state index in [1.807, 2.05) is 50.2 Å². The summed E-state index contributed by atoms with van der Waals surface area (Å²) in [5.41, 5.74) is 3.34. The van der Waals surface area contributed by atoms with Gasteiger partial charge in [-0.2, -0.15) is 0 Å². The highest BCUT2D eigenvalue weighted by atomic mass is 16.5. The zero-order chi connectivity index (χ0) is 25.5. The Hall–Kier alpha value is -4.52. The zero-order valence-corrected chi connectivity index (χ0v) is 20.2. The number of ether oxygens (including phenoxy) is 1. The molecule has 0 bridgehead atoms. The van der Waals surface area contributed by atoms with Gasteiger partial charge in [-0.25, -0.2) is 4.98 Å². The van der Waals surface area contributed by atoms with Gasteiger partial charge in [0, 0.05) is 35.8 Å². The van der Waals surface area contributed by atoms with Gasteiger partial charge in [0.2, 0.25) is 0 Å². The van der Waals surface area contributed by atoms with Gasteiger partial charge in [-0.05, 0) is 44.2 Å². The van der Waals surface area contributed by atoms with Gasteiger partial charge in [0.1, 0.15) is 5.75 Å². The molecule has 182 valence electrons. The minimum atomic E-state index is -0.377. The smallest absolute Gasteiger partial charge is 0.253 e. The molecule has 4 aromatic rings. The third-order valence-electron chi connectivity index (χ3n) is 5.71. The number of aromatic nitrogens is 2. The van der Waals surface area contributed by atoms with E-state index in [2.05, 4.69) is 10.3 Å². The predicted octanol–water partition coefficient (Wildman–Crippen LogP) is 4.28. The Morgan fingerprint density at radius 1 is 0.944 bits per heavy atom. The quantitative estimate of drug-likeness (QED) is 0.361. The van der Waals surface area contributed by atoms with E-state index in [0.29, 0.717) is 29.0 Å². The van der Waals surface area contributed by atoms with Crippen molar-refractivity contribution in [3.8, 4) is 17.0 Å². The van der Waals surface area contributed by atoms with Crippen LogP contribution in [0.4, 0.5) is 0 Å². The molecule has 0 aliphatic heterocycles. The van der Waals surface area contributed by atoms with Gasteiger partial charge in [-0.3, -0.25) is 19.0 Å². The molecular weight excluding hydrogens is 454 g/mol. The van der Waals surface area contributed by atoms with Crippen LogP contribution in [-0.4, -0.2) is 34.4 Å². The van der Waals surface area contributed by atoms with Crippen molar-refractivity contribution in [2.75, 3.05) is 13.2 Å². The van der Waals surface area contributed by atoms with Crippen LogP contribution in [0.25, 0.3) is 11.3 Å². The first kappa shape index (κ1) is 24.6. The van der Waals surface area contributed by atoms with Crippen molar-refractivity contribution in [2.45, 2.75) is 20.4 Å². The molecule has 1 N–H and O–H groups in total. The van der Waals surface area contributed by atoms with E-state index in [-0.39, 0.29) is 30.3 Å². The minimum Gasteiger partial charge on any atom is -0.494 e. The largest absolute Gasteiger partial charge is 0.494 e. The Balaban J connectivity index is 1.41. The van der Waals surface area contributed by atoms with Gasteiger partial charge in [-0.15, -0.1) is 0 Å². The normalized spacial score (nSPS) is 10.6. The number of carbonyl (C=O) groups excluding carboxylic acids is 2. The number of carbonyl (C=O) groups is 2. The van der Waals surface area contributed by atoms with Gasteiger partial charge in [0.05, 0.1) is 24.2 Å². The summed E-state index contributed by atoms with van der Waals surface area (Å²) in [5, 5.41) is 2.80. The molecule has 4 rings (SSSR count). The summed E-state index contributed by atoms with van der Waals surface area (Å²) < 4.78 is 6.88. The second kappa shape index (κ2) is 11.3. The maximum absolute atomic E-state index is 13.0. The lowest BCUT2D eigenvalue weighted by Crippen LogP contribution is -2.31. The SMILES string of the molecule is CCOc1ccc(-c2cc(=O)n(CCNC(=O)c3ccccc3C(=O)c3ccc(C)cc3)cn2)cc1. The molecule has 1 amide bonds. The molecule has 1 heterocycles. The lowest BCUT2D eigenvalue weighted by molar-refractivity contribution is 0.0940. The van der Waals surface area contributed by atoms with Crippen LogP contribution in [-0.2, 0) is 6.54 Å². The molecule has 0 aliphatic rings. The number of rotatable bonds is 9. The average Bonchev–Trinajstić information content (AvgIpc) is 2.90. The first-order valence-corrected chi connectivity index (χ1v) is 11.7. The van der Waals surface area contributed by atoms with E-state index in [4.69, 9.17) is 4.74 Å². The summed E-state index contributed by atoms with van der Waals surface area (Å²) in [6, 6.07) is 22.8. The van der Waals surface area contributed by atoms with Crippen LogP contribution in [0, 0.1) is 6.92 Å². The molecule has 7 heteroatoms. The van der Waals surface area contributed by atoms with E-state index >= 15 is 0 Å². The third kappa shape index (κ3) is 5.75. The number of ketones is 1. The minimum absolute atomic E-state index is 0.204. The summed E-state index contributed by atoms with van der Waals surface area (Å²) in [6.07, 6.45) is 1.47. The van der Waals surface area contributed by atoms with Crippen molar-refractivity contribution in [3.05, 3.63) is 118 Å². The summed E-state index contributed by atoms with van der Waals surface area (Å²) >= 11 is 0. The van der Waals surface area contributed by atoms with Crippen LogP contribution in [0.2, 0.25) is 0 Å². The van der Waals surface area contributed by atoms with E-state index in [0.717, 1.165) is 16.9 Å². The Morgan fingerprint density at radius 2 is 1.64 bits per heavy atom. The highest BCUT2D eigenvalue weighted by Crippen LogP contribution is 2.19. The van der Waals surface area contributed by atoms with Gasteiger partial charge >= 0.3 is 0 Å². The highest BCUT2D eigenvalue weighted by Gasteiger charge is 2.18. The van der Waals surface area contributed by atoms with Crippen molar-refractivity contribution >= 4 is 11.7 Å². The van der Waals surface area contributed by atoms with Crippen molar-refractivity contribution in [1.82, 2.24) is 14.9 Å². The molecule has 0 spiro atoms. The van der Waals surface area contributed by atoms with Crippen LogP contribution >= 0.6 is 0 Å². The number of nitrogens with one attached hydrogen (secondary N) is 1. The molecule has 3 aromatic carbocycles. The Labute approximate surface area is 209 Å². The summed E-state index contributed by atoms with van der Waals surface area (Å²) in [7, 11) is 0. The second-order valence-corrected chi connectivity index (χ2v) is 8.26. The third-order valence-corrected chi connectivity index (χ3v) is 5.71. The molecule has 1 aromatic heterocycles. The van der Waals surface area contributed by atoms with Crippen LogP contribution in [0.15, 0.2) is 90.0 Å². The lowest BCUT2D eigenvalue weighted by Gasteiger charge is -2.11. The van der Waals surface area contributed by atoms with E-state index < -0.39 is 0 Å². The summed E-state index contributed by atoms with van der Waals surface area (Å²) in [5.74, 6) is 0.164. The van der Waals surface area contributed by atoms with Gasteiger partial charge < -0.3 is 10.1 Å². The molecule has 0 fully saturated rings. The fraction of sp³-hybridized carbons (Fsp3) is 0.172. The predicted molar refractivity (Wildman–Crippen MR) is 138 cm³/mol. The number of benzene rings is 3. The van der Waals surface area contributed by atoms with Crippen molar-refractivity contribution in [2.24, 2.45) is 0 Å². The van der Waals surface area contributed by atoms with Crippen molar-refractivity contribution in [1.29, 1.82) is 0 Å². The molecular formula is C29H27N3O4. The highest BCUT2D eigenvalue weighted by molar-refractivity contribution is 6.15. The van der Waals surface area contributed by atoms with Crippen LogP contribution < -0.4 is 15.6 Å². The molecule has 0 aliphatic carbocycles.